The first kappa shape index (κ1) is 14.8. The van der Waals surface area contributed by atoms with E-state index in [1.54, 1.807) is 0 Å². The van der Waals surface area contributed by atoms with Gasteiger partial charge < -0.3 is 14.3 Å². The summed E-state index contributed by atoms with van der Waals surface area (Å²) in [6, 6.07) is 4.29. The molecule has 0 aliphatic rings. The number of rotatable bonds is 6. The predicted octanol–water partition coefficient (Wildman–Crippen LogP) is 1.83. The number of carboxylic acid groups (broad SMARTS) is 1. The normalized spacial score (nSPS) is 10.3. The first-order valence-electron chi connectivity index (χ1n) is 5.52. The number of thioether (sulfide) groups is 1. The Balaban J connectivity index is 2.36. The first-order valence-corrected chi connectivity index (χ1v) is 6.51. The van der Waals surface area contributed by atoms with Crippen molar-refractivity contribution in [2.24, 2.45) is 0 Å². The molecule has 0 fully saturated rings. The number of hydrogen-bond acceptors (Lipinski definition) is 8. The van der Waals surface area contributed by atoms with Crippen molar-refractivity contribution < 1.29 is 24.0 Å². The zero-order chi connectivity index (χ0) is 15.4. The van der Waals surface area contributed by atoms with Crippen molar-refractivity contribution in [3.63, 3.8) is 0 Å². The third-order valence-electron chi connectivity index (χ3n) is 2.35. The number of carboxylic acids is 1. The van der Waals surface area contributed by atoms with Crippen LogP contribution in [0.3, 0.4) is 0 Å². The molecule has 0 aliphatic carbocycles. The molecule has 10 heteroatoms. The lowest BCUT2D eigenvalue weighted by Gasteiger charge is -2.04. The van der Waals surface area contributed by atoms with Gasteiger partial charge in [0.25, 0.3) is 11.1 Å². The third kappa shape index (κ3) is 3.28. The van der Waals surface area contributed by atoms with E-state index in [1.165, 1.54) is 25.3 Å². The second-order valence-corrected chi connectivity index (χ2v) is 4.60. The molecule has 0 saturated carbocycles. The van der Waals surface area contributed by atoms with Gasteiger partial charge in [0, 0.05) is 6.07 Å². The molecule has 0 saturated heterocycles. The van der Waals surface area contributed by atoms with Gasteiger partial charge in [-0.05, 0) is 6.07 Å². The van der Waals surface area contributed by atoms with Crippen molar-refractivity contribution in [2.45, 2.75) is 5.22 Å². The van der Waals surface area contributed by atoms with E-state index in [-0.39, 0.29) is 33.9 Å². The number of hydrogen-bond donors (Lipinski definition) is 1. The molecule has 0 unspecified atom stereocenters. The van der Waals surface area contributed by atoms with Crippen LogP contribution in [0, 0.1) is 10.1 Å². The third-order valence-corrected chi connectivity index (χ3v) is 3.15. The zero-order valence-electron chi connectivity index (χ0n) is 10.7. The molecule has 2 aromatic rings. The summed E-state index contributed by atoms with van der Waals surface area (Å²) in [5.41, 5.74) is 0.0364. The van der Waals surface area contributed by atoms with Crippen LogP contribution >= 0.6 is 11.8 Å². The summed E-state index contributed by atoms with van der Waals surface area (Å²) < 4.78 is 10.3. The van der Waals surface area contributed by atoms with Gasteiger partial charge in [-0.15, -0.1) is 10.2 Å². The van der Waals surface area contributed by atoms with Gasteiger partial charge in [-0.25, -0.2) is 0 Å². The Kier molecular flexibility index (Phi) is 4.38. The Hall–Kier alpha value is -2.62. The van der Waals surface area contributed by atoms with Gasteiger partial charge in [0.1, 0.15) is 5.75 Å². The standard InChI is InChI=1S/C11H9N3O6S/c1-19-9-6(3-2-4-7(9)14(17)18)10-12-13-11(20-10)21-5-8(15)16/h2-4H,5H2,1H3,(H,15,16). The van der Waals surface area contributed by atoms with Crippen molar-refractivity contribution in [3.8, 4) is 17.2 Å². The molecule has 0 aliphatic heterocycles. The molecule has 1 aromatic carbocycles. The number of para-hydroxylation sites is 1. The van der Waals surface area contributed by atoms with Crippen LogP contribution in [0.2, 0.25) is 0 Å². The minimum atomic E-state index is -1.02. The Labute approximate surface area is 122 Å². The Bertz CT molecular complexity index is 686. The molecule has 0 spiro atoms. The molecule has 21 heavy (non-hydrogen) atoms. The number of nitrogens with zero attached hydrogens (tertiary/aromatic N) is 3. The second-order valence-electron chi connectivity index (χ2n) is 3.67. The maximum atomic E-state index is 10.9. The maximum Gasteiger partial charge on any atom is 0.314 e. The first-order chi connectivity index (χ1) is 10.0. The quantitative estimate of drug-likeness (QED) is 0.482. The predicted molar refractivity (Wildman–Crippen MR) is 71.3 cm³/mol. The zero-order valence-corrected chi connectivity index (χ0v) is 11.5. The van der Waals surface area contributed by atoms with Crippen LogP contribution in [0.1, 0.15) is 0 Å². The van der Waals surface area contributed by atoms with E-state index < -0.39 is 10.9 Å². The fourth-order valence-corrected chi connectivity index (χ4v) is 2.04. The van der Waals surface area contributed by atoms with Gasteiger partial charge in [-0.3, -0.25) is 14.9 Å². The Morgan fingerprint density at radius 3 is 2.90 bits per heavy atom. The molecule has 110 valence electrons. The highest BCUT2D eigenvalue weighted by Crippen LogP contribution is 2.37. The highest BCUT2D eigenvalue weighted by Gasteiger charge is 2.22. The average Bonchev–Trinajstić information content (AvgIpc) is 2.92. The lowest BCUT2D eigenvalue weighted by atomic mass is 10.1. The van der Waals surface area contributed by atoms with Crippen LogP contribution in [0.5, 0.6) is 5.75 Å². The SMILES string of the molecule is COc1c(-c2nnc(SCC(=O)O)o2)cccc1[N+](=O)[O-]. The summed E-state index contributed by atoms with van der Waals surface area (Å²) in [6.07, 6.45) is 0. The molecule has 9 nitrogen and oxygen atoms in total. The number of aliphatic carboxylic acids is 1. The van der Waals surface area contributed by atoms with Crippen molar-refractivity contribution in [1.82, 2.24) is 10.2 Å². The minimum Gasteiger partial charge on any atom is -0.490 e. The van der Waals surface area contributed by atoms with E-state index in [4.69, 9.17) is 14.3 Å². The minimum absolute atomic E-state index is 0.000865. The van der Waals surface area contributed by atoms with Gasteiger partial charge in [-0.2, -0.15) is 0 Å². The van der Waals surface area contributed by atoms with E-state index >= 15 is 0 Å². The number of aromatic nitrogens is 2. The van der Waals surface area contributed by atoms with Crippen molar-refractivity contribution >= 4 is 23.4 Å². The van der Waals surface area contributed by atoms with E-state index in [9.17, 15) is 14.9 Å². The number of carbonyl (C=O) groups is 1. The van der Waals surface area contributed by atoms with E-state index in [0.717, 1.165) is 11.8 Å². The number of benzene rings is 1. The summed E-state index contributed by atoms with van der Waals surface area (Å²) in [6.45, 7) is 0. The summed E-state index contributed by atoms with van der Waals surface area (Å²) in [5, 5.41) is 27.0. The monoisotopic (exact) mass is 311 g/mol. The smallest absolute Gasteiger partial charge is 0.314 e. The van der Waals surface area contributed by atoms with Crippen LogP contribution in [-0.2, 0) is 4.79 Å². The molecule has 1 N–H and O–H groups in total. The van der Waals surface area contributed by atoms with Crippen molar-refractivity contribution in [2.75, 3.05) is 12.9 Å². The Morgan fingerprint density at radius 1 is 1.52 bits per heavy atom. The summed E-state index contributed by atoms with van der Waals surface area (Å²) in [7, 11) is 1.29. The van der Waals surface area contributed by atoms with E-state index in [0.29, 0.717) is 0 Å². The molecule has 1 heterocycles. The topological polar surface area (TPSA) is 129 Å². The summed E-state index contributed by atoms with van der Waals surface area (Å²) >= 11 is 0.853. The van der Waals surface area contributed by atoms with Crippen molar-refractivity contribution in [1.29, 1.82) is 0 Å². The van der Waals surface area contributed by atoms with Crippen LogP contribution in [0.4, 0.5) is 5.69 Å². The largest absolute Gasteiger partial charge is 0.490 e. The molecule has 0 atom stereocenters. The van der Waals surface area contributed by atoms with Gasteiger partial charge in [0.15, 0.2) is 0 Å². The number of methoxy groups -OCH3 is 1. The lowest BCUT2D eigenvalue weighted by molar-refractivity contribution is -0.385. The van der Waals surface area contributed by atoms with Crippen LogP contribution in [-0.4, -0.2) is 39.1 Å². The highest BCUT2D eigenvalue weighted by molar-refractivity contribution is 7.99. The summed E-state index contributed by atoms with van der Waals surface area (Å²) in [4.78, 5) is 20.8. The number of nitro groups is 1. The molecule has 2 rings (SSSR count). The second kappa shape index (κ2) is 6.22. The molecule has 1 aromatic heterocycles. The summed E-state index contributed by atoms with van der Waals surface area (Å²) in [5.74, 6) is -1.23. The molecular weight excluding hydrogens is 302 g/mol. The van der Waals surface area contributed by atoms with Crippen LogP contribution < -0.4 is 4.74 Å². The maximum absolute atomic E-state index is 10.9. The lowest BCUT2D eigenvalue weighted by Crippen LogP contribution is -1.97. The number of ether oxygens (including phenoxy) is 1. The van der Waals surface area contributed by atoms with Crippen molar-refractivity contribution in [3.05, 3.63) is 28.3 Å². The van der Waals surface area contributed by atoms with Crippen LogP contribution in [0.15, 0.2) is 27.8 Å². The molecule has 0 bridgehead atoms. The molecule has 0 amide bonds. The van der Waals surface area contributed by atoms with Gasteiger partial charge in [-0.1, -0.05) is 17.8 Å². The van der Waals surface area contributed by atoms with Gasteiger partial charge in [0.05, 0.1) is 17.6 Å². The average molecular weight is 311 g/mol. The molecular formula is C11H9N3O6S. The van der Waals surface area contributed by atoms with Crippen LogP contribution in [0.25, 0.3) is 11.5 Å². The van der Waals surface area contributed by atoms with E-state index in [1.807, 2.05) is 0 Å². The fraction of sp³-hybridized carbons (Fsp3) is 0.182. The highest BCUT2D eigenvalue weighted by atomic mass is 32.2. The van der Waals surface area contributed by atoms with Gasteiger partial charge >= 0.3 is 11.7 Å². The van der Waals surface area contributed by atoms with Gasteiger partial charge in [0.2, 0.25) is 5.75 Å². The molecule has 0 radical (unpaired) electrons. The fourth-order valence-electron chi connectivity index (χ4n) is 1.55. The number of nitro benzene ring substituents is 1. The van der Waals surface area contributed by atoms with E-state index in [2.05, 4.69) is 10.2 Å². The Morgan fingerprint density at radius 2 is 2.29 bits per heavy atom.